The highest BCUT2D eigenvalue weighted by Gasteiger charge is 1.90. The summed E-state index contributed by atoms with van der Waals surface area (Å²) in [5.41, 5.74) is 0. The quantitative estimate of drug-likeness (QED) is 0.464. The summed E-state index contributed by atoms with van der Waals surface area (Å²) in [6.07, 6.45) is 0. The van der Waals surface area contributed by atoms with Gasteiger partial charge in [0, 0.05) is 6.92 Å². The van der Waals surface area contributed by atoms with Crippen molar-refractivity contribution < 1.29 is 0 Å². The van der Waals surface area contributed by atoms with Crippen LogP contribution in [-0.4, -0.2) is 0 Å². The zero-order chi connectivity index (χ0) is 5.98. The third-order valence-corrected chi connectivity index (χ3v) is 1.53. The number of nitrogens with zero attached hydrogens (tertiary/aromatic N) is 1. The second-order valence-corrected chi connectivity index (χ2v) is 2.38. The fourth-order valence-electron chi connectivity index (χ4n) is 0.402. The summed E-state index contributed by atoms with van der Waals surface area (Å²) in [5.74, 6) is 0. The predicted octanol–water partition coefficient (Wildman–Crippen LogP) is 2.36. The molecule has 2 heteroatoms. The molecule has 2 radical (unpaired) electrons. The van der Waals surface area contributed by atoms with Crippen LogP contribution in [0.3, 0.4) is 0 Å². The molecule has 0 aliphatic heterocycles. The number of hydrogen-bond donors (Lipinski definition) is 0. The van der Waals surface area contributed by atoms with Gasteiger partial charge in [-0.1, -0.05) is 6.07 Å². The first-order valence-corrected chi connectivity index (χ1v) is 2.87. The molecule has 0 aromatic carbocycles. The molecule has 0 saturated carbocycles. The zero-order valence-corrected chi connectivity index (χ0v) is 4.90. The first kappa shape index (κ1) is 5.33. The van der Waals surface area contributed by atoms with E-state index in [9.17, 15) is 0 Å². The Morgan fingerprint density at radius 3 is 2.62 bits per heavy atom. The Morgan fingerprint density at radius 2 is 2.38 bits per heavy atom. The Bertz CT molecular complexity index is 219. The minimum absolute atomic E-state index is 0.655. The second-order valence-electron chi connectivity index (χ2n) is 1.29. The van der Waals surface area contributed by atoms with E-state index >= 15 is 0 Å². The van der Waals surface area contributed by atoms with Crippen LogP contribution >= 0.6 is 11.3 Å². The SMILES string of the molecule is [C-]#[N+]c1ccc([CH])s1. The maximum Gasteiger partial charge on any atom is 0.241 e. The van der Waals surface area contributed by atoms with E-state index in [4.69, 9.17) is 13.5 Å². The molecule has 0 aliphatic carbocycles. The van der Waals surface area contributed by atoms with E-state index in [2.05, 4.69) is 4.85 Å². The lowest BCUT2D eigenvalue weighted by molar-refractivity contribution is 1.88. The largest absolute Gasteiger partial charge is 0.241 e. The molecule has 0 atom stereocenters. The Kier molecular flexibility index (Phi) is 1.32. The third-order valence-electron chi connectivity index (χ3n) is 0.723. The zero-order valence-electron chi connectivity index (χ0n) is 4.09. The number of hydrogen-bond acceptors (Lipinski definition) is 1. The Hall–Kier alpha value is -0.810. The van der Waals surface area contributed by atoms with Crippen molar-refractivity contribution in [2.24, 2.45) is 0 Å². The van der Waals surface area contributed by atoms with Gasteiger partial charge in [0.05, 0.1) is 6.57 Å². The average molecular weight is 121 g/mol. The van der Waals surface area contributed by atoms with Gasteiger partial charge in [0.25, 0.3) is 0 Å². The predicted molar refractivity (Wildman–Crippen MR) is 34.0 cm³/mol. The smallest absolute Gasteiger partial charge is 0.227 e. The standard InChI is InChI=1S/C6H3NS/c1-5-3-4-6(7-2)8-5/h1,3-4H. The van der Waals surface area contributed by atoms with Crippen molar-refractivity contribution in [3.63, 3.8) is 0 Å². The topological polar surface area (TPSA) is 4.36 Å². The molecule has 0 bridgehead atoms. The fraction of sp³-hybridized carbons (Fsp3) is 0. The molecule has 0 aliphatic rings. The van der Waals surface area contributed by atoms with Crippen LogP contribution in [0.2, 0.25) is 0 Å². The maximum atomic E-state index is 6.54. The lowest BCUT2D eigenvalue weighted by atomic mass is 10.5. The molecule has 0 spiro atoms. The maximum absolute atomic E-state index is 6.54. The van der Waals surface area contributed by atoms with Crippen LogP contribution in [0.15, 0.2) is 12.1 Å². The molecule has 0 fully saturated rings. The molecule has 8 heavy (non-hydrogen) atoms. The average Bonchev–Trinajstić information content (AvgIpc) is 2.14. The third kappa shape index (κ3) is 0.877. The Labute approximate surface area is 52.4 Å². The van der Waals surface area contributed by atoms with E-state index in [1.165, 1.54) is 11.3 Å². The van der Waals surface area contributed by atoms with Gasteiger partial charge in [0.1, 0.15) is 0 Å². The molecule has 0 saturated heterocycles. The van der Waals surface area contributed by atoms with Crippen molar-refractivity contribution in [1.29, 1.82) is 0 Å². The molecule has 1 heterocycles. The van der Waals surface area contributed by atoms with E-state index in [-0.39, 0.29) is 0 Å². The highest BCUT2D eigenvalue weighted by Crippen LogP contribution is 2.22. The van der Waals surface area contributed by atoms with Crippen LogP contribution in [0.5, 0.6) is 0 Å². The summed E-state index contributed by atoms with van der Waals surface area (Å²) in [5, 5.41) is 0.655. The highest BCUT2D eigenvalue weighted by atomic mass is 32.1. The van der Waals surface area contributed by atoms with Crippen LogP contribution in [0, 0.1) is 13.5 Å². The molecule has 0 amide bonds. The summed E-state index contributed by atoms with van der Waals surface area (Å²) in [6.45, 7) is 11.9. The Morgan fingerprint density at radius 1 is 1.62 bits per heavy atom. The van der Waals surface area contributed by atoms with Crippen molar-refractivity contribution >= 4 is 16.3 Å². The Balaban J connectivity index is 3.05. The van der Waals surface area contributed by atoms with Crippen molar-refractivity contribution in [2.45, 2.75) is 0 Å². The van der Waals surface area contributed by atoms with Gasteiger partial charge in [-0.3, -0.25) is 0 Å². The van der Waals surface area contributed by atoms with E-state index in [1.54, 1.807) is 12.1 Å². The van der Waals surface area contributed by atoms with Crippen LogP contribution in [0.4, 0.5) is 5.00 Å². The molecular formula is C6H3NS. The molecule has 0 unspecified atom stereocenters. The lowest BCUT2D eigenvalue weighted by Gasteiger charge is -1.70. The van der Waals surface area contributed by atoms with Gasteiger partial charge in [-0.25, -0.2) is 4.85 Å². The molecule has 1 rings (SSSR count). The van der Waals surface area contributed by atoms with E-state index in [0.29, 0.717) is 9.88 Å². The minimum Gasteiger partial charge on any atom is -0.227 e. The monoisotopic (exact) mass is 121 g/mol. The number of thiophene rings is 1. The summed E-state index contributed by atoms with van der Waals surface area (Å²) < 4.78 is 0. The van der Waals surface area contributed by atoms with E-state index in [0.717, 1.165) is 0 Å². The van der Waals surface area contributed by atoms with Crippen molar-refractivity contribution in [2.75, 3.05) is 0 Å². The molecule has 1 nitrogen and oxygen atoms in total. The van der Waals surface area contributed by atoms with Crippen LogP contribution < -0.4 is 0 Å². The summed E-state index contributed by atoms with van der Waals surface area (Å²) >= 11 is 1.31. The first-order chi connectivity index (χ1) is 3.83. The van der Waals surface area contributed by atoms with Gasteiger partial charge >= 0.3 is 0 Å². The van der Waals surface area contributed by atoms with Crippen molar-refractivity contribution in [1.82, 2.24) is 0 Å². The molecule has 0 N–H and O–H groups in total. The normalized spacial score (nSPS) is 8.50. The molecule has 1 aromatic heterocycles. The van der Waals surface area contributed by atoms with Gasteiger partial charge < -0.3 is 0 Å². The van der Waals surface area contributed by atoms with Gasteiger partial charge in [-0.2, -0.15) is 11.3 Å². The van der Waals surface area contributed by atoms with Gasteiger partial charge in [-0.05, 0) is 10.9 Å². The second kappa shape index (κ2) is 1.97. The highest BCUT2D eigenvalue weighted by molar-refractivity contribution is 7.16. The van der Waals surface area contributed by atoms with Crippen LogP contribution in [0.25, 0.3) is 4.85 Å². The minimum atomic E-state index is 0.655. The summed E-state index contributed by atoms with van der Waals surface area (Å²) in [4.78, 5) is 3.88. The van der Waals surface area contributed by atoms with E-state index < -0.39 is 0 Å². The van der Waals surface area contributed by atoms with Crippen LogP contribution in [-0.2, 0) is 0 Å². The lowest BCUT2D eigenvalue weighted by Crippen LogP contribution is -1.43. The fourth-order valence-corrected chi connectivity index (χ4v) is 0.962. The molecule has 1 aromatic rings. The van der Waals surface area contributed by atoms with Crippen molar-refractivity contribution in [3.8, 4) is 0 Å². The molecular weight excluding hydrogens is 118 g/mol. The number of rotatable bonds is 0. The van der Waals surface area contributed by atoms with E-state index in [1.807, 2.05) is 0 Å². The van der Waals surface area contributed by atoms with Crippen LogP contribution in [0.1, 0.15) is 4.88 Å². The molecule has 38 valence electrons. The first-order valence-electron chi connectivity index (χ1n) is 2.05. The summed E-state index contributed by atoms with van der Waals surface area (Å²) in [7, 11) is 0. The van der Waals surface area contributed by atoms with Gasteiger partial charge in [-0.15, -0.1) is 0 Å². The van der Waals surface area contributed by atoms with Crippen molar-refractivity contribution in [3.05, 3.63) is 35.4 Å². The summed E-state index contributed by atoms with van der Waals surface area (Å²) in [6, 6.07) is 3.45. The van der Waals surface area contributed by atoms with Gasteiger partial charge in [0.2, 0.25) is 5.00 Å². The van der Waals surface area contributed by atoms with Gasteiger partial charge in [0.15, 0.2) is 0 Å².